The summed E-state index contributed by atoms with van der Waals surface area (Å²) in [4.78, 5) is 0. The van der Waals surface area contributed by atoms with E-state index >= 15 is 0 Å². The van der Waals surface area contributed by atoms with E-state index in [-0.39, 0.29) is 0 Å². The molecule has 0 radical (unpaired) electrons. The number of hydrogen-bond donors (Lipinski definition) is 1. The summed E-state index contributed by atoms with van der Waals surface area (Å²) in [5.41, 5.74) is 1.51. The van der Waals surface area contributed by atoms with Gasteiger partial charge in [0.15, 0.2) is 0 Å². The van der Waals surface area contributed by atoms with Crippen LogP contribution >= 0.6 is 0 Å². The first-order valence-electron chi connectivity index (χ1n) is 5.43. The van der Waals surface area contributed by atoms with Gasteiger partial charge in [0.25, 0.3) is 0 Å². The van der Waals surface area contributed by atoms with Gasteiger partial charge in [-0.3, -0.25) is 0 Å². The molecule has 1 N–H and O–H groups in total. The van der Waals surface area contributed by atoms with Crippen LogP contribution in [-0.4, -0.2) is 20.8 Å². The van der Waals surface area contributed by atoms with Gasteiger partial charge in [0.1, 0.15) is 0 Å². The molecule has 0 spiro atoms. The van der Waals surface area contributed by atoms with E-state index in [0.717, 1.165) is 5.92 Å². The van der Waals surface area contributed by atoms with E-state index in [1.54, 1.807) is 0 Å². The van der Waals surface area contributed by atoms with E-state index in [2.05, 4.69) is 48.7 Å². The minimum absolute atomic E-state index is 0.756. The van der Waals surface area contributed by atoms with Crippen molar-refractivity contribution < 1.29 is 0 Å². The molecular formula is C12H19NSi. The van der Waals surface area contributed by atoms with Crippen molar-refractivity contribution in [1.82, 2.24) is 5.32 Å². The Labute approximate surface area is 87.5 Å². The van der Waals surface area contributed by atoms with Crippen LogP contribution in [-0.2, 0) is 0 Å². The van der Waals surface area contributed by atoms with Crippen molar-refractivity contribution in [1.29, 1.82) is 0 Å². The zero-order valence-corrected chi connectivity index (χ0v) is 10.1. The fourth-order valence-corrected chi connectivity index (χ4v) is 5.04. The molecule has 0 saturated carbocycles. The van der Waals surface area contributed by atoms with E-state index in [1.165, 1.54) is 24.3 Å². The second kappa shape index (κ2) is 3.87. The van der Waals surface area contributed by atoms with E-state index in [4.69, 9.17) is 0 Å². The third-order valence-corrected chi connectivity index (χ3v) is 5.87. The van der Waals surface area contributed by atoms with Gasteiger partial charge < -0.3 is 5.32 Å². The molecule has 14 heavy (non-hydrogen) atoms. The highest BCUT2D eigenvalue weighted by molar-refractivity contribution is 6.77. The average molecular weight is 205 g/mol. The van der Waals surface area contributed by atoms with Crippen molar-refractivity contribution in [3.63, 3.8) is 0 Å². The van der Waals surface area contributed by atoms with Crippen LogP contribution in [0.2, 0.25) is 19.1 Å². The molecule has 1 aromatic rings. The Bertz CT molecular complexity index is 294. The molecule has 1 fully saturated rings. The second-order valence-corrected chi connectivity index (χ2v) is 10.2. The lowest BCUT2D eigenvalue weighted by molar-refractivity contribution is 0.616. The summed E-state index contributed by atoms with van der Waals surface area (Å²) in [7, 11) is -0.947. The smallest absolute Gasteiger partial charge is 0.0632 e. The monoisotopic (exact) mass is 205 g/mol. The minimum Gasteiger partial charge on any atom is -0.319 e. The summed E-state index contributed by atoms with van der Waals surface area (Å²) in [6.07, 6.45) is 1.29. The van der Waals surface area contributed by atoms with Crippen LogP contribution in [0.15, 0.2) is 30.3 Å². The Morgan fingerprint density at radius 1 is 1.21 bits per heavy atom. The van der Waals surface area contributed by atoms with Crippen LogP contribution in [0.25, 0.3) is 0 Å². The molecule has 0 amide bonds. The molecule has 1 nitrogen and oxygen atoms in total. The average Bonchev–Trinajstić information content (AvgIpc) is 2.18. The van der Waals surface area contributed by atoms with Gasteiger partial charge >= 0.3 is 0 Å². The number of hydrogen-bond acceptors (Lipinski definition) is 1. The van der Waals surface area contributed by atoms with Gasteiger partial charge in [0.2, 0.25) is 0 Å². The van der Waals surface area contributed by atoms with Crippen LogP contribution in [0, 0.1) is 0 Å². The van der Waals surface area contributed by atoms with Crippen molar-refractivity contribution >= 4 is 8.07 Å². The Balaban J connectivity index is 2.12. The minimum atomic E-state index is -0.947. The SMILES string of the molecule is C[Si]1(C)CNCC(c2ccccc2)C1. The Hall–Kier alpha value is -0.603. The van der Waals surface area contributed by atoms with Gasteiger partial charge in [-0.1, -0.05) is 43.4 Å². The molecule has 1 atom stereocenters. The zero-order chi connectivity index (χ0) is 10.0. The molecule has 1 heterocycles. The van der Waals surface area contributed by atoms with Crippen molar-refractivity contribution in [2.24, 2.45) is 0 Å². The first-order chi connectivity index (χ1) is 6.67. The van der Waals surface area contributed by atoms with Crippen molar-refractivity contribution in [3.05, 3.63) is 35.9 Å². The van der Waals surface area contributed by atoms with Crippen LogP contribution in [0.4, 0.5) is 0 Å². The lowest BCUT2D eigenvalue weighted by atomic mass is 10.0. The summed E-state index contributed by atoms with van der Waals surface area (Å²) in [6.45, 7) is 6.13. The fraction of sp³-hybridized carbons (Fsp3) is 0.500. The first-order valence-corrected chi connectivity index (χ1v) is 8.84. The van der Waals surface area contributed by atoms with Crippen molar-refractivity contribution in [2.75, 3.05) is 12.7 Å². The molecule has 1 unspecified atom stereocenters. The highest BCUT2D eigenvalue weighted by Crippen LogP contribution is 2.28. The molecule has 1 aliphatic heterocycles. The molecule has 1 aromatic carbocycles. The molecular weight excluding hydrogens is 186 g/mol. The lowest BCUT2D eigenvalue weighted by Crippen LogP contribution is -2.48. The molecule has 0 aliphatic carbocycles. The molecule has 76 valence electrons. The summed E-state index contributed by atoms with van der Waals surface area (Å²) in [5, 5.41) is 3.59. The summed E-state index contributed by atoms with van der Waals surface area (Å²) < 4.78 is 0. The lowest BCUT2D eigenvalue weighted by Gasteiger charge is -2.34. The molecule has 1 saturated heterocycles. The topological polar surface area (TPSA) is 12.0 Å². The highest BCUT2D eigenvalue weighted by atomic mass is 28.3. The second-order valence-electron chi connectivity index (χ2n) is 5.11. The van der Waals surface area contributed by atoms with Crippen LogP contribution in [0.3, 0.4) is 0 Å². The van der Waals surface area contributed by atoms with Crippen LogP contribution in [0.5, 0.6) is 0 Å². The van der Waals surface area contributed by atoms with Crippen molar-refractivity contribution in [3.8, 4) is 0 Å². The Morgan fingerprint density at radius 2 is 1.93 bits per heavy atom. The number of benzene rings is 1. The largest absolute Gasteiger partial charge is 0.319 e. The van der Waals surface area contributed by atoms with E-state index < -0.39 is 8.07 Å². The van der Waals surface area contributed by atoms with Gasteiger partial charge in [-0.2, -0.15) is 0 Å². The zero-order valence-electron chi connectivity index (χ0n) is 9.09. The van der Waals surface area contributed by atoms with E-state index in [1.807, 2.05) is 0 Å². The van der Waals surface area contributed by atoms with E-state index in [0.29, 0.717) is 0 Å². The Morgan fingerprint density at radius 3 is 2.57 bits per heavy atom. The molecule has 2 heteroatoms. The van der Waals surface area contributed by atoms with Gasteiger partial charge in [-0.25, -0.2) is 0 Å². The fourth-order valence-electron chi connectivity index (χ4n) is 2.36. The predicted octanol–water partition coefficient (Wildman–Crippen LogP) is 2.62. The molecule has 2 rings (SSSR count). The summed E-state index contributed by atoms with van der Waals surface area (Å²) in [5.74, 6) is 0.756. The quantitative estimate of drug-likeness (QED) is 0.695. The third-order valence-electron chi connectivity index (χ3n) is 3.06. The molecule has 0 aromatic heterocycles. The highest BCUT2D eigenvalue weighted by Gasteiger charge is 2.29. The normalized spacial score (nSPS) is 26.0. The van der Waals surface area contributed by atoms with Crippen molar-refractivity contribution in [2.45, 2.75) is 25.1 Å². The molecule has 1 aliphatic rings. The molecule has 0 bridgehead atoms. The maximum absolute atomic E-state index is 3.59. The predicted molar refractivity (Wildman–Crippen MR) is 64.3 cm³/mol. The number of rotatable bonds is 1. The number of nitrogens with one attached hydrogen (secondary N) is 1. The van der Waals surface area contributed by atoms with Gasteiger partial charge in [0.05, 0.1) is 8.07 Å². The van der Waals surface area contributed by atoms with Crippen LogP contribution in [0.1, 0.15) is 11.5 Å². The van der Waals surface area contributed by atoms with Gasteiger partial charge in [-0.15, -0.1) is 0 Å². The van der Waals surface area contributed by atoms with Gasteiger partial charge in [0, 0.05) is 6.54 Å². The maximum atomic E-state index is 3.59. The van der Waals surface area contributed by atoms with E-state index in [9.17, 15) is 0 Å². The first kappa shape index (κ1) is 9.93. The van der Waals surface area contributed by atoms with Crippen LogP contribution < -0.4 is 5.32 Å². The van der Waals surface area contributed by atoms with Gasteiger partial charge in [-0.05, 0) is 23.7 Å². The third kappa shape index (κ3) is 2.25. The maximum Gasteiger partial charge on any atom is 0.0632 e. The standard InChI is InChI=1S/C12H19NSi/c1-14(2)9-12(8-13-10-14)11-6-4-3-5-7-11/h3-7,12-13H,8-10H2,1-2H3. The summed E-state index contributed by atoms with van der Waals surface area (Å²) >= 11 is 0. The Kier molecular flexibility index (Phi) is 2.75. The summed E-state index contributed by atoms with van der Waals surface area (Å²) in [6, 6.07) is 12.4.